The third-order valence-electron chi connectivity index (χ3n) is 14.3. The van der Waals surface area contributed by atoms with Crippen molar-refractivity contribution in [3.63, 3.8) is 0 Å². The van der Waals surface area contributed by atoms with Gasteiger partial charge in [0.25, 0.3) is 0 Å². The summed E-state index contributed by atoms with van der Waals surface area (Å²) in [6.45, 7) is 10.1. The Bertz CT molecular complexity index is 4430. The van der Waals surface area contributed by atoms with Crippen LogP contribution in [0, 0.1) is 22.9 Å². The molecule has 72 heavy (non-hydrogen) atoms. The van der Waals surface area contributed by atoms with E-state index in [1.165, 1.54) is 5.56 Å². The van der Waals surface area contributed by atoms with Crippen molar-refractivity contribution >= 4 is 38.5 Å². The number of para-hydroxylation sites is 3. The minimum atomic E-state index is -0.536. The molecule has 356 valence electrons. The predicted molar refractivity (Wildman–Crippen MR) is 291 cm³/mol. The van der Waals surface area contributed by atoms with Crippen molar-refractivity contribution in [2.45, 2.75) is 58.8 Å². The molecule has 2 aliphatic rings. The molecule has 0 aliphatic carbocycles. The van der Waals surface area contributed by atoms with Crippen molar-refractivity contribution in [1.29, 1.82) is 0 Å². The van der Waals surface area contributed by atoms with E-state index in [1.54, 1.807) is 0 Å². The summed E-state index contributed by atoms with van der Waals surface area (Å²) in [4.78, 5) is 7.32. The first-order valence-corrected chi connectivity index (χ1v) is 25.5. The zero-order valence-corrected chi connectivity index (χ0v) is 42.4. The van der Waals surface area contributed by atoms with Crippen molar-refractivity contribution in [2.24, 2.45) is 0 Å². The molecule has 2 aliphatic heterocycles. The molecule has 0 radical (unpaired) electrons. The Kier molecular flexibility index (Phi) is 8.51. The standard InChI is InChI=1S/C65H53N5O.Pt/c1-43-38-60(66-41-55(43)44-30-32-47(33-31-44)65(2,3)4)70-56-27-12-11-24-51(56)52-35-34-50(40-59(52)70)71-49-23-15-22-48(39-49)68-42-69(58-29-14-13-28-57(58)68)64-61(45-18-7-5-8-19-45)53-25-16-36-67-37-17-26-54(63(53)67)62(64)46-20-9-6-10-21-46;/h5-15,18-24,27-35,38,41H,16-17,25-26,36-37H2,1-4H3;/q-2;/i5D,6D,7D,8D,9D,10D,18D,19D,20D,21D;. The zero-order valence-electron chi connectivity index (χ0n) is 50.2. The monoisotopic (exact) mass is 1120 g/mol. The van der Waals surface area contributed by atoms with Crippen molar-refractivity contribution in [3.8, 4) is 62.1 Å². The van der Waals surface area contributed by atoms with Crippen LogP contribution in [0.4, 0.5) is 5.69 Å². The average molecular weight is 1130 g/mol. The number of hydrogen-bond donors (Lipinski definition) is 0. The molecule has 0 spiro atoms. The summed E-state index contributed by atoms with van der Waals surface area (Å²) >= 11 is 2.23. The van der Waals surface area contributed by atoms with Gasteiger partial charge >= 0.3 is 350 Å². The van der Waals surface area contributed by atoms with Crippen LogP contribution in [-0.2, 0) is 37.6 Å². The van der Waals surface area contributed by atoms with E-state index < -0.39 is 60.4 Å². The van der Waals surface area contributed by atoms with Crippen LogP contribution in [0.3, 0.4) is 0 Å². The normalized spacial score (nSPS) is 15.5. The van der Waals surface area contributed by atoms with Gasteiger partial charge in [-0.15, -0.1) is 0 Å². The molecule has 6 nitrogen and oxygen atoms in total. The number of aromatic nitrogens is 4. The van der Waals surface area contributed by atoms with Crippen LogP contribution in [0.2, 0.25) is 0 Å². The van der Waals surface area contributed by atoms with E-state index in [1.807, 2.05) is 82.1 Å². The van der Waals surface area contributed by atoms with Crippen LogP contribution >= 0.6 is 0 Å². The summed E-state index contributed by atoms with van der Waals surface area (Å²) in [5, 5.41) is 2.03. The van der Waals surface area contributed by atoms with Gasteiger partial charge in [0.15, 0.2) is 0 Å². The number of rotatable bonds is 8. The number of ether oxygens (including phenoxy) is 1. The van der Waals surface area contributed by atoms with Crippen molar-refractivity contribution in [1.82, 2.24) is 18.7 Å². The zero-order chi connectivity index (χ0) is 57.4. The maximum atomic E-state index is 9.55. The van der Waals surface area contributed by atoms with E-state index in [4.69, 9.17) is 17.9 Å². The molecule has 0 saturated heterocycles. The van der Waals surface area contributed by atoms with Crippen LogP contribution in [0.5, 0.6) is 11.5 Å². The summed E-state index contributed by atoms with van der Waals surface area (Å²) in [5.41, 5.74) is 11.6. The van der Waals surface area contributed by atoms with Crippen molar-refractivity contribution < 1.29 is 37.8 Å². The number of imidazole rings is 1. The van der Waals surface area contributed by atoms with Gasteiger partial charge in [-0.25, -0.2) is 0 Å². The molecule has 0 saturated carbocycles. The average Bonchev–Trinajstić information content (AvgIpc) is 1.93. The molecule has 3 aromatic heterocycles. The molecule has 13 rings (SSSR count). The summed E-state index contributed by atoms with van der Waals surface area (Å²) in [6.07, 6.45) is 4.40. The second kappa shape index (κ2) is 17.6. The summed E-state index contributed by atoms with van der Waals surface area (Å²) in [5.74, 6) is 1.58. The van der Waals surface area contributed by atoms with Crippen LogP contribution in [0.1, 0.15) is 69.6 Å². The molecule has 0 N–H and O–H groups in total. The van der Waals surface area contributed by atoms with Crippen molar-refractivity contribution in [3.05, 3.63) is 214 Å². The summed E-state index contributed by atoms with van der Waals surface area (Å²) in [7, 11) is 0. The number of aryl methyl sites for hydroxylation is 1. The van der Waals surface area contributed by atoms with Gasteiger partial charge in [0.05, 0.1) is 0 Å². The topological polar surface area (TPSA) is 40.1 Å². The van der Waals surface area contributed by atoms with Crippen LogP contribution in [0.25, 0.3) is 83.4 Å². The summed E-state index contributed by atoms with van der Waals surface area (Å²) in [6, 6.07) is 38.7. The van der Waals surface area contributed by atoms with Gasteiger partial charge in [-0.1, -0.05) is 57.2 Å². The van der Waals surface area contributed by atoms with Crippen molar-refractivity contribution in [2.75, 3.05) is 18.0 Å². The fraction of sp³-hybridized carbons (Fsp3) is 0.169. The molecular formula is C65H53N5OPt-2. The Morgan fingerprint density at radius 2 is 1.24 bits per heavy atom. The van der Waals surface area contributed by atoms with E-state index in [-0.39, 0.29) is 16.5 Å². The van der Waals surface area contributed by atoms with E-state index in [2.05, 4.69) is 111 Å². The second-order valence-corrected chi connectivity index (χ2v) is 20.6. The molecule has 7 heteroatoms. The van der Waals surface area contributed by atoms with Gasteiger partial charge < -0.3 is 0 Å². The van der Waals surface area contributed by atoms with E-state index in [9.17, 15) is 5.48 Å². The molecular weight excluding hydrogens is 1060 g/mol. The molecule has 0 fully saturated rings. The number of benzene rings is 8. The van der Waals surface area contributed by atoms with E-state index in [0.717, 1.165) is 74.0 Å². The van der Waals surface area contributed by atoms with Gasteiger partial charge in [0.2, 0.25) is 0 Å². The number of fused-ring (bicyclic) bond motifs is 4. The molecule has 0 unspecified atom stereocenters. The summed E-state index contributed by atoms with van der Waals surface area (Å²) < 4.78 is 105. The quantitative estimate of drug-likeness (QED) is 0.142. The van der Waals surface area contributed by atoms with E-state index in [0.29, 0.717) is 74.8 Å². The molecule has 0 atom stereocenters. The Morgan fingerprint density at radius 3 is 1.89 bits per heavy atom. The number of pyridine rings is 1. The first kappa shape index (κ1) is 34.7. The number of hydrogen-bond acceptors (Lipinski definition) is 3. The second-order valence-electron chi connectivity index (χ2n) is 19.6. The van der Waals surface area contributed by atoms with Gasteiger partial charge in [-0.05, 0) is 29.0 Å². The number of anilines is 1. The molecule has 0 bridgehead atoms. The first-order valence-electron chi connectivity index (χ1n) is 29.4. The Morgan fingerprint density at radius 1 is 0.611 bits per heavy atom. The fourth-order valence-electron chi connectivity index (χ4n) is 11.0. The molecule has 5 heterocycles. The van der Waals surface area contributed by atoms with Gasteiger partial charge in [0.1, 0.15) is 0 Å². The van der Waals surface area contributed by atoms with Crippen LogP contribution in [-0.4, -0.2) is 31.8 Å². The maximum absolute atomic E-state index is 9.55. The predicted octanol–water partition coefficient (Wildman–Crippen LogP) is 15.7. The Balaban J connectivity index is 0.996. The third kappa shape index (κ3) is 7.41. The molecule has 0 amide bonds. The van der Waals surface area contributed by atoms with Gasteiger partial charge in [0, 0.05) is 11.8 Å². The minimum absolute atomic E-state index is 0.0284. The fourth-order valence-corrected chi connectivity index (χ4v) is 12.1. The Hall–Kier alpha value is -7.53. The third-order valence-corrected chi connectivity index (χ3v) is 15.3. The van der Waals surface area contributed by atoms with Crippen LogP contribution < -0.4 is 9.64 Å². The van der Waals surface area contributed by atoms with Gasteiger partial charge in [-0.2, -0.15) is 0 Å². The number of nitrogens with zero attached hydrogens (tertiary/aromatic N) is 5. The van der Waals surface area contributed by atoms with E-state index >= 15 is 0 Å². The first-order chi connectivity index (χ1) is 39.3. The van der Waals surface area contributed by atoms with Crippen LogP contribution in [0.15, 0.2) is 176 Å². The molecule has 11 aromatic rings. The SMILES string of the molecule is [2H]c1c([2H])c([2H])c(-c2c3c4c(c(-c5c([2H])c([2H])c([2H])c([2H])c5[2H])c2-n2[c](=[Pt])n(-c5[c-]c(Oc6[c-]c7c(cc6)c6ccccc6n7-c6cc(C)c(-c7ccc(C(C)(C)C)cc7)cn6)ccc5)c5ccccc52)CCCN4CCC3)c([2H])c1[2H]. The van der Waals surface area contributed by atoms with Gasteiger partial charge in [-0.3, -0.25) is 0 Å². The Labute approximate surface area is 445 Å². The molecule has 8 aromatic carbocycles.